The molecule has 0 aliphatic carbocycles. The van der Waals surface area contributed by atoms with Crippen molar-refractivity contribution in [1.82, 2.24) is 26.6 Å². The smallest absolute Gasteiger partial charge is 0.243 e. The van der Waals surface area contributed by atoms with Gasteiger partial charge in [0.15, 0.2) is 5.96 Å². The number of nitrogens with zero attached hydrogens (tertiary/aromatic N) is 1. The van der Waals surface area contributed by atoms with Gasteiger partial charge in [0.25, 0.3) is 0 Å². The van der Waals surface area contributed by atoms with Crippen molar-refractivity contribution in [3.8, 4) is 0 Å². The number of rotatable bonds is 21. The number of aliphatic hydroxyl groups excluding tert-OH is 1. The van der Waals surface area contributed by atoms with Crippen LogP contribution in [0.25, 0.3) is 0 Å². The van der Waals surface area contributed by atoms with E-state index in [1.165, 1.54) is 6.92 Å². The van der Waals surface area contributed by atoms with Gasteiger partial charge in [0.2, 0.25) is 34.7 Å². The highest BCUT2D eigenvalue weighted by molar-refractivity contribution is 8.13. The van der Waals surface area contributed by atoms with E-state index in [0.717, 1.165) is 17.3 Å². The standard InChI is InChI=1S/C33H55N9O7S/c1-7-19(4)27(42-29(46)26(34)21(6)43)30(47)39-16-24(44)38-17-25(45)41-28(20(5)8-2)31(48)40-23(10-9-15-37-33(35)36)32(49)50-22-13-11-18(3)12-14-22/h11-14,19-21,23,26-28,43H,7-10,15-17,34H2,1-6H3,(H,38,44)(H,39,47)(H,40,48)(H,41,45)(H,42,46)(H4,35,36,37)/t19-,20-,21+,23-,26-,27-,28-/m0/s1. The molecule has 0 heterocycles. The second-order valence-electron chi connectivity index (χ2n) is 12.3. The SMILES string of the molecule is CC[C@H](C)[C@H](NC(=O)CNC(=O)CNC(=O)[C@@H](NC(=O)[C@@H](N)[C@@H](C)O)[C@@H](C)CC)C(=O)N[C@@H](CCCN=C(N)N)C(=O)Sc1ccc(C)cc1. The summed E-state index contributed by atoms with van der Waals surface area (Å²) in [4.78, 5) is 82.0. The zero-order valence-electron chi connectivity index (χ0n) is 29.8. The second kappa shape index (κ2) is 22.5. The molecule has 17 heteroatoms. The van der Waals surface area contributed by atoms with E-state index < -0.39 is 72.9 Å². The number of aliphatic imine (C=N–C) groups is 1. The maximum atomic E-state index is 13.5. The van der Waals surface area contributed by atoms with Gasteiger partial charge < -0.3 is 48.9 Å². The fraction of sp³-hybridized carbons (Fsp3) is 0.606. The second-order valence-corrected chi connectivity index (χ2v) is 13.4. The summed E-state index contributed by atoms with van der Waals surface area (Å²) in [6, 6.07) is 3.22. The minimum absolute atomic E-state index is 0.0853. The van der Waals surface area contributed by atoms with Crippen LogP contribution < -0.4 is 43.8 Å². The first-order chi connectivity index (χ1) is 23.5. The fourth-order valence-electron chi connectivity index (χ4n) is 4.42. The van der Waals surface area contributed by atoms with Gasteiger partial charge in [-0.25, -0.2) is 0 Å². The molecule has 0 aliphatic heterocycles. The molecule has 280 valence electrons. The van der Waals surface area contributed by atoms with Crippen molar-refractivity contribution in [2.75, 3.05) is 19.6 Å². The van der Waals surface area contributed by atoms with Crippen LogP contribution in [0.2, 0.25) is 0 Å². The predicted molar refractivity (Wildman–Crippen MR) is 192 cm³/mol. The van der Waals surface area contributed by atoms with Gasteiger partial charge in [0.05, 0.1) is 25.2 Å². The summed E-state index contributed by atoms with van der Waals surface area (Å²) in [5.74, 6) is -3.99. The lowest BCUT2D eigenvalue weighted by molar-refractivity contribution is -0.133. The van der Waals surface area contributed by atoms with Gasteiger partial charge in [-0.2, -0.15) is 0 Å². The predicted octanol–water partition coefficient (Wildman–Crippen LogP) is -0.846. The number of carbonyl (C=O) groups excluding carboxylic acids is 6. The third-order valence-corrected chi connectivity index (χ3v) is 9.08. The Kier molecular flexibility index (Phi) is 19.7. The Morgan fingerprint density at radius 3 is 1.90 bits per heavy atom. The highest BCUT2D eigenvalue weighted by Gasteiger charge is 2.31. The molecule has 0 aromatic heterocycles. The van der Waals surface area contributed by atoms with E-state index in [1.807, 2.05) is 45.0 Å². The number of thioether (sulfide) groups is 1. The Morgan fingerprint density at radius 2 is 1.36 bits per heavy atom. The topological polar surface area (TPSA) is 273 Å². The molecular weight excluding hydrogens is 666 g/mol. The summed E-state index contributed by atoms with van der Waals surface area (Å²) in [5, 5.41) is 22.1. The van der Waals surface area contributed by atoms with Crippen LogP contribution in [0.4, 0.5) is 0 Å². The van der Waals surface area contributed by atoms with Gasteiger partial charge in [-0.1, -0.05) is 58.2 Å². The average Bonchev–Trinajstić information content (AvgIpc) is 3.08. The van der Waals surface area contributed by atoms with E-state index in [0.29, 0.717) is 24.2 Å². The number of carbonyl (C=O) groups is 6. The lowest BCUT2D eigenvalue weighted by Crippen LogP contribution is -2.57. The molecule has 1 aromatic carbocycles. The molecule has 16 nitrogen and oxygen atoms in total. The molecule has 1 rings (SSSR count). The van der Waals surface area contributed by atoms with Crippen LogP contribution in [-0.2, 0) is 28.8 Å². The molecule has 0 radical (unpaired) electrons. The average molecular weight is 722 g/mol. The van der Waals surface area contributed by atoms with Gasteiger partial charge in [-0.15, -0.1) is 0 Å². The summed E-state index contributed by atoms with van der Waals surface area (Å²) in [5.41, 5.74) is 17.5. The summed E-state index contributed by atoms with van der Waals surface area (Å²) in [7, 11) is 0. The molecule has 0 saturated carbocycles. The Balaban J connectivity index is 2.87. The quantitative estimate of drug-likeness (QED) is 0.0327. The number of nitrogens with one attached hydrogen (secondary N) is 5. The molecular formula is C33H55N9O7S. The molecule has 0 bridgehead atoms. The summed E-state index contributed by atoms with van der Waals surface area (Å²) in [6.07, 6.45) is 0.572. The molecule has 0 saturated heterocycles. The fourth-order valence-corrected chi connectivity index (χ4v) is 5.25. The first-order valence-corrected chi connectivity index (χ1v) is 17.5. The van der Waals surface area contributed by atoms with Crippen molar-refractivity contribution in [1.29, 1.82) is 0 Å². The summed E-state index contributed by atoms with van der Waals surface area (Å²) < 4.78 is 0. The van der Waals surface area contributed by atoms with Gasteiger partial charge in [0, 0.05) is 11.4 Å². The van der Waals surface area contributed by atoms with Crippen molar-refractivity contribution in [2.24, 2.45) is 34.0 Å². The van der Waals surface area contributed by atoms with E-state index >= 15 is 0 Å². The van der Waals surface area contributed by atoms with Crippen LogP contribution in [0, 0.1) is 18.8 Å². The molecule has 12 N–H and O–H groups in total. The van der Waals surface area contributed by atoms with E-state index in [2.05, 4.69) is 31.6 Å². The normalized spacial score (nSPS) is 15.1. The first-order valence-electron chi connectivity index (χ1n) is 16.7. The molecule has 0 fully saturated rings. The van der Waals surface area contributed by atoms with Crippen LogP contribution in [0.5, 0.6) is 0 Å². The highest BCUT2D eigenvalue weighted by atomic mass is 32.2. The van der Waals surface area contributed by atoms with Crippen LogP contribution in [-0.4, -0.2) is 95.6 Å². The minimum Gasteiger partial charge on any atom is -0.391 e. The Bertz CT molecular complexity index is 1320. The maximum absolute atomic E-state index is 13.5. The third kappa shape index (κ3) is 16.0. The van der Waals surface area contributed by atoms with Crippen molar-refractivity contribution in [3.05, 3.63) is 29.8 Å². The van der Waals surface area contributed by atoms with Gasteiger partial charge in [-0.05, 0) is 62.4 Å². The van der Waals surface area contributed by atoms with Crippen molar-refractivity contribution >= 4 is 52.4 Å². The summed E-state index contributed by atoms with van der Waals surface area (Å²) >= 11 is 0.994. The van der Waals surface area contributed by atoms with E-state index in [9.17, 15) is 33.9 Å². The monoisotopic (exact) mass is 721 g/mol. The number of aliphatic hydroxyl groups is 1. The van der Waals surface area contributed by atoms with E-state index in [-0.39, 0.29) is 35.9 Å². The number of amides is 5. The number of aryl methyl sites for hydroxylation is 1. The lowest BCUT2D eigenvalue weighted by atomic mass is 9.97. The molecule has 0 aliphatic rings. The molecule has 7 atom stereocenters. The van der Waals surface area contributed by atoms with Crippen molar-refractivity contribution in [2.45, 2.75) is 102 Å². The van der Waals surface area contributed by atoms with Crippen molar-refractivity contribution < 1.29 is 33.9 Å². The van der Waals surface area contributed by atoms with Crippen LogP contribution >= 0.6 is 11.8 Å². The molecule has 0 spiro atoms. The van der Waals surface area contributed by atoms with Gasteiger partial charge in [0.1, 0.15) is 18.1 Å². The number of hydrogen-bond acceptors (Lipinski definition) is 10. The van der Waals surface area contributed by atoms with Gasteiger partial charge in [-0.3, -0.25) is 33.8 Å². The Labute approximate surface area is 298 Å². The van der Waals surface area contributed by atoms with E-state index in [1.54, 1.807) is 13.8 Å². The lowest BCUT2D eigenvalue weighted by Gasteiger charge is -2.26. The summed E-state index contributed by atoms with van der Waals surface area (Å²) in [6.45, 7) is 9.74. The number of guanidine groups is 1. The molecule has 1 aromatic rings. The van der Waals surface area contributed by atoms with Crippen LogP contribution in [0.3, 0.4) is 0 Å². The Hall–Kier alpha value is -4.22. The molecule has 5 amide bonds. The number of nitrogens with two attached hydrogens (primary N) is 3. The zero-order chi connectivity index (χ0) is 38.0. The maximum Gasteiger partial charge on any atom is 0.243 e. The van der Waals surface area contributed by atoms with Gasteiger partial charge >= 0.3 is 0 Å². The molecule has 0 unspecified atom stereocenters. The van der Waals surface area contributed by atoms with Crippen molar-refractivity contribution in [3.63, 3.8) is 0 Å². The molecule has 50 heavy (non-hydrogen) atoms. The zero-order valence-corrected chi connectivity index (χ0v) is 30.6. The first kappa shape index (κ1) is 43.8. The third-order valence-electron chi connectivity index (χ3n) is 8.08. The highest BCUT2D eigenvalue weighted by Crippen LogP contribution is 2.22. The Morgan fingerprint density at radius 1 is 0.800 bits per heavy atom. The minimum atomic E-state index is -1.24. The van der Waals surface area contributed by atoms with E-state index in [4.69, 9.17) is 17.2 Å². The number of benzene rings is 1. The number of hydrogen-bond donors (Lipinski definition) is 9. The largest absolute Gasteiger partial charge is 0.391 e. The van der Waals surface area contributed by atoms with Crippen LogP contribution in [0.15, 0.2) is 34.2 Å². The van der Waals surface area contributed by atoms with Crippen LogP contribution in [0.1, 0.15) is 65.9 Å².